The second-order valence-electron chi connectivity index (χ2n) is 8.48. The highest BCUT2D eigenvalue weighted by Crippen LogP contribution is 2.35. The zero-order valence-electron chi connectivity index (χ0n) is 18.3. The number of methoxy groups -OCH3 is 1. The minimum absolute atomic E-state index is 0.0614. The zero-order chi connectivity index (χ0) is 23.6. The minimum atomic E-state index is -4.42. The van der Waals surface area contributed by atoms with Crippen LogP contribution in [0.1, 0.15) is 46.7 Å². The standard InChI is InChI=1S/C20H28F3N5O3/c1-11-9-12(20(21,22)23)7-8-13(11)16(29)25-17(26-18(2,3)4)24-15-10-14(27-28-15)19(5,30)31-6/h7-8,10-11,30H,9H2,1-6H3,(H3,24,25,26,27,28,29). The number of aliphatic imine (C=N–C) groups is 1. The van der Waals surface area contributed by atoms with Gasteiger partial charge in [0.2, 0.25) is 11.7 Å². The van der Waals surface area contributed by atoms with E-state index in [1.807, 2.05) is 20.8 Å². The van der Waals surface area contributed by atoms with Gasteiger partial charge in [0.1, 0.15) is 0 Å². The Morgan fingerprint density at radius 3 is 2.45 bits per heavy atom. The van der Waals surface area contributed by atoms with Crippen LogP contribution < -0.4 is 10.6 Å². The molecule has 1 aromatic rings. The molecule has 2 rings (SSSR count). The summed E-state index contributed by atoms with van der Waals surface area (Å²) in [6, 6.07) is 1.48. The highest BCUT2D eigenvalue weighted by molar-refractivity contribution is 6.10. The van der Waals surface area contributed by atoms with Gasteiger partial charge >= 0.3 is 6.18 Å². The average Bonchev–Trinajstić information content (AvgIpc) is 3.08. The van der Waals surface area contributed by atoms with E-state index in [0.717, 1.165) is 6.08 Å². The number of alkyl halides is 3. The molecule has 1 heterocycles. The Balaban J connectivity index is 2.25. The molecule has 8 nitrogen and oxygen atoms in total. The van der Waals surface area contributed by atoms with Crippen molar-refractivity contribution >= 4 is 17.7 Å². The van der Waals surface area contributed by atoms with Crippen LogP contribution in [-0.4, -0.2) is 46.0 Å². The van der Waals surface area contributed by atoms with E-state index in [2.05, 4.69) is 25.8 Å². The maximum absolute atomic E-state index is 12.9. The van der Waals surface area contributed by atoms with E-state index in [1.54, 1.807) is 6.92 Å². The van der Waals surface area contributed by atoms with E-state index in [4.69, 9.17) is 4.74 Å². The normalized spacial score (nSPS) is 19.9. The fourth-order valence-corrected chi connectivity index (χ4v) is 2.83. The average molecular weight is 443 g/mol. The number of aromatic nitrogens is 2. The van der Waals surface area contributed by atoms with Crippen molar-refractivity contribution in [2.45, 2.75) is 58.5 Å². The van der Waals surface area contributed by atoms with Crippen LogP contribution in [0.5, 0.6) is 0 Å². The van der Waals surface area contributed by atoms with Crippen LogP contribution in [0.4, 0.5) is 19.0 Å². The molecule has 1 aliphatic rings. The molecule has 0 fully saturated rings. The van der Waals surface area contributed by atoms with E-state index in [0.29, 0.717) is 0 Å². The van der Waals surface area contributed by atoms with E-state index in [1.165, 1.54) is 26.2 Å². The number of anilines is 1. The molecular formula is C20H28F3N5O3. The summed E-state index contributed by atoms with van der Waals surface area (Å²) < 4.78 is 43.8. The summed E-state index contributed by atoms with van der Waals surface area (Å²) in [6.45, 7) is 8.43. The SMILES string of the molecule is COC(C)(O)c1cc(NC(=NC(C)(C)C)NC(=O)C2=CC=C(C(F)(F)F)CC2C)n[nH]1. The number of amides is 1. The third-order valence-electron chi connectivity index (χ3n) is 4.55. The molecule has 0 aliphatic heterocycles. The van der Waals surface area contributed by atoms with Crippen molar-refractivity contribution in [2.24, 2.45) is 10.9 Å². The number of carbonyl (C=O) groups excluding carboxylic acids is 1. The molecule has 11 heteroatoms. The van der Waals surface area contributed by atoms with E-state index < -0.39 is 34.9 Å². The van der Waals surface area contributed by atoms with Crippen molar-refractivity contribution in [3.05, 3.63) is 35.1 Å². The first kappa shape index (κ1) is 24.6. The largest absolute Gasteiger partial charge is 0.412 e. The Kier molecular flexibility index (Phi) is 7.01. The lowest BCUT2D eigenvalue weighted by Crippen LogP contribution is -2.40. The molecule has 0 saturated heterocycles. The first-order chi connectivity index (χ1) is 14.1. The Labute approximate surface area is 178 Å². The fourth-order valence-electron chi connectivity index (χ4n) is 2.83. The highest BCUT2D eigenvalue weighted by atomic mass is 19.4. The number of guanidine groups is 1. The summed E-state index contributed by atoms with van der Waals surface area (Å²) in [5.74, 6) is -2.47. The maximum atomic E-state index is 12.9. The van der Waals surface area contributed by atoms with Crippen LogP contribution >= 0.6 is 0 Å². The number of hydrogen-bond donors (Lipinski definition) is 4. The molecule has 1 amide bonds. The van der Waals surface area contributed by atoms with Gasteiger partial charge in [0.05, 0.1) is 11.2 Å². The fraction of sp³-hybridized carbons (Fsp3) is 0.550. The second-order valence-corrected chi connectivity index (χ2v) is 8.48. The third kappa shape index (κ3) is 6.66. The van der Waals surface area contributed by atoms with Gasteiger partial charge in [-0.15, -0.1) is 0 Å². The van der Waals surface area contributed by atoms with Crippen molar-refractivity contribution < 1.29 is 27.8 Å². The molecule has 0 saturated carbocycles. The first-order valence-electron chi connectivity index (χ1n) is 9.62. The van der Waals surface area contributed by atoms with Crippen LogP contribution in [0.15, 0.2) is 34.4 Å². The smallest absolute Gasteiger partial charge is 0.361 e. The number of aliphatic hydroxyl groups is 1. The molecule has 2 unspecified atom stereocenters. The summed E-state index contributed by atoms with van der Waals surface area (Å²) in [5.41, 5.74) is -0.774. The molecule has 1 aliphatic carbocycles. The molecular weight excluding hydrogens is 415 g/mol. The van der Waals surface area contributed by atoms with Gasteiger partial charge in [-0.25, -0.2) is 4.99 Å². The molecule has 2 atom stereocenters. The summed E-state index contributed by atoms with van der Waals surface area (Å²) in [4.78, 5) is 17.2. The minimum Gasteiger partial charge on any atom is -0.361 e. The number of ether oxygens (including phenoxy) is 1. The van der Waals surface area contributed by atoms with Crippen LogP contribution in [0.2, 0.25) is 0 Å². The van der Waals surface area contributed by atoms with E-state index in [9.17, 15) is 23.1 Å². The number of nitrogens with one attached hydrogen (secondary N) is 3. The summed E-state index contributed by atoms with van der Waals surface area (Å²) in [7, 11) is 1.33. The molecule has 0 bridgehead atoms. The lowest BCUT2D eigenvalue weighted by molar-refractivity contribution is -0.181. The van der Waals surface area contributed by atoms with Gasteiger partial charge < -0.3 is 15.2 Å². The predicted octanol–water partition coefficient (Wildman–Crippen LogP) is 3.36. The monoisotopic (exact) mass is 443 g/mol. The number of allylic oxidation sites excluding steroid dienone is 3. The highest BCUT2D eigenvalue weighted by Gasteiger charge is 2.37. The number of H-pyrrole nitrogens is 1. The molecule has 172 valence electrons. The van der Waals surface area contributed by atoms with Crippen molar-refractivity contribution in [3.8, 4) is 0 Å². The summed E-state index contributed by atoms with van der Waals surface area (Å²) in [6.07, 6.45) is -2.59. The second kappa shape index (κ2) is 8.83. The summed E-state index contributed by atoms with van der Waals surface area (Å²) >= 11 is 0. The van der Waals surface area contributed by atoms with Gasteiger partial charge in [0.15, 0.2) is 5.82 Å². The van der Waals surface area contributed by atoms with Crippen LogP contribution in [0.3, 0.4) is 0 Å². The van der Waals surface area contributed by atoms with Gasteiger partial charge in [0.25, 0.3) is 5.91 Å². The molecule has 0 aromatic carbocycles. The Morgan fingerprint density at radius 1 is 1.29 bits per heavy atom. The van der Waals surface area contributed by atoms with Crippen molar-refractivity contribution in [2.75, 3.05) is 12.4 Å². The number of rotatable bonds is 4. The topological polar surface area (TPSA) is 112 Å². The summed E-state index contributed by atoms with van der Waals surface area (Å²) in [5, 5.41) is 22.2. The number of nitrogens with zero attached hydrogens (tertiary/aromatic N) is 2. The quantitative estimate of drug-likeness (QED) is 0.324. The first-order valence-corrected chi connectivity index (χ1v) is 9.62. The van der Waals surface area contributed by atoms with Crippen LogP contribution in [-0.2, 0) is 15.3 Å². The number of aromatic amines is 1. The lowest BCUT2D eigenvalue weighted by Gasteiger charge is -2.23. The molecule has 31 heavy (non-hydrogen) atoms. The maximum Gasteiger partial charge on any atom is 0.412 e. The van der Waals surface area contributed by atoms with Gasteiger partial charge in [-0.1, -0.05) is 19.1 Å². The van der Waals surface area contributed by atoms with Gasteiger partial charge in [-0.3, -0.25) is 15.2 Å². The number of hydrogen-bond acceptors (Lipinski definition) is 5. The van der Waals surface area contributed by atoms with Crippen molar-refractivity contribution in [1.82, 2.24) is 15.5 Å². The predicted molar refractivity (Wildman–Crippen MR) is 110 cm³/mol. The number of halogens is 3. The van der Waals surface area contributed by atoms with Gasteiger partial charge in [-0.2, -0.15) is 18.3 Å². The lowest BCUT2D eigenvalue weighted by atomic mass is 9.87. The molecule has 1 aromatic heterocycles. The van der Waals surface area contributed by atoms with Crippen molar-refractivity contribution in [1.29, 1.82) is 0 Å². The zero-order valence-corrected chi connectivity index (χ0v) is 18.3. The Bertz CT molecular complexity index is 908. The van der Waals surface area contributed by atoms with Crippen LogP contribution in [0, 0.1) is 5.92 Å². The molecule has 0 radical (unpaired) electrons. The molecule has 0 spiro atoms. The van der Waals surface area contributed by atoms with Crippen LogP contribution in [0.25, 0.3) is 0 Å². The van der Waals surface area contributed by atoms with Gasteiger partial charge in [0, 0.05) is 24.3 Å². The van der Waals surface area contributed by atoms with Gasteiger partial charge in [-0.05, 0) is 40.0 Å². The Morgan fingerprint density at radius 2 is 1.94 bits per heavy atom. The molecule has 4 N–H and O–H groups in total. The van der Waals surface area contributed by atoms with Crippen molar-refractivity contribution in [3.63, 3.8) is 0 Å². The van der Waals surface area contributed by atoms with E-state index >= 15 is 0 Å². The third-order valence-corrected chi connectivity index (χ3v) is 4.55. The Hall–Kier alpha value is -2.66. The number of carbonyl (C=O) groups is 1. The van der Waals surface area contributed by atoms with E-state index in [-0.39, 0.29) is 29.5 Å².